The summed E-state index contributed by atoms with van der Waals surface area (Å²) in [6.07, 6.45) is 4.17. The number of nitrogens with zero attached hydrogens (tertiary/aromatic N) is 2. The molecule has 5 heteroatoms. The molecule has 2 aromatic rings. The van der Waals surface area contributed by atoms with E-state index in [1.165, 1.54) is 12.1 Å². The van der Waals surface area contributed by atoms with E-state index in [0.717, 1.165) is 28.6 Å². The van der Waals surface area contributed by atoms with Crippen molar-refractivity contribution in [2.45, 2.75) is 32.4 Å². The second-order valence-electron chi connectivity index (χ2n) is 4.49. The van der Waals surface area contributed by atoms with Gasteiger partial charge in [-0.05, 0) is 30.2 Å². The number of hydrogen-bond donors (Lipinski definition) is 1. The Morgan fingerprint density at radius 3 is 3.00 bits per heavy atom. The fraction of sp³-hybridized carbons (Fsp3) is 0.357. The first kappa shape index (κ1) is 14.2. The third kappa shape index (κ3) is 3.64. The zero-order chi connectivity index (χ0) is 13.8. The van der Waals surface area contributed by atoms with Crippen LogP contribution in [0.3, 0.4) is 0 Å². The molecule has 1 heterocycles. The van der Waals surface area contributed by atoms with Crippen molar-refractivity contribution in [3.63, 3.8) is 0 Å². The number of rotatable bonds is 5. The lowest BCUT2D eigenvalue weighted by atomic mass is 10.0. The molecule has 102 valence electrons. The molecule has 0 saturated heterocycles. The maximum atomic E-state index is 13.2. The molecule has 0 aliphatic carbocycles. The van der Waals surface area contributed by atoms with Crippen LogP contribution >= 0.6 is 15.9 Å². The first-order valence-corrected chi connectivity index (χ1v) is 7.03. The molecule has 1 unspecified atom stereocenters. The van der Waals surface area contributed by atoms with E-state index in [2.05, 4.69) is 28.0 Å². The van der Waals surface area contributed by atoms with Gasteiger partial charge in [0.15, 0.2) is 0 Å². The summed E-state index contributed by atoms with van der Waals surface area (Å²) in [5.41, 5.74) is 1.50. The molecule has 0 radical (unpaired) electrons. The van der Waals surface area contributed by atoms with E-state index in [0.29, 0.717) is 6.42 Å². The number of aromatic nitrogens is 2. The smallest absolute Gasteiger partial charge is 0.123 e. The Morgan fingerprint density at radius 2 is 2.26 bits per heavy atom. The van der Waals surface area contributed by atoms with Crippen LogP contribution in [0.15, 0.2) is 35.1 Å². The second kappa shape index (κ2) is 6.30. The van der Waals surface area contributed by atoms with Crippen LogP contribution in [0, 0.1) is 5.82 Å². The van der Waals surface area contributed by atoms with Gasteiger partial charge in [-0.1, -0.05) is 22.9 Å². The quantitative estimate of drug-likeness (QED) is 0.913. The molecule has 0 spiro atoms. The maximum Gasteiger partial charge on any atom is 0.123 e. The van der Waals surface area contributed by atoms with Crippen LogP contribution in [0.25, 0.3) is 0 Å². The van der Waals surface area contributed by atoms with Crippen molar-refractivity contribution in [3.8, 4) is 0 Å². The van der Waals surface area contributed by atoms with Gasteiger partial charge in [0.1, 0.15) is 5.82 Å². The Morgan fingerprint density at radius 1 is 1.47 bits per heavy atom. The Hall–Kier alpha value is -1.20. The number of aryl methyl sites for hydroxylation is 1. The number of hydrogen-bond acceptors (Lipinski definition) is 2. The summed E-state index contributed by atoms with van der Waals surface area (Å²) >= 11 is 3.36. The van der Waals surface area contributed by atoms with Crippen LogP contribution in [-0.2, 0) is 13.0 Å². The molecular formula is C14H16BrFN2O. The summed E-state index contributed by atoms with van der Waals surface area (Å²) in [5, 5.41) is 14.4. The average Bonchev–Trinajstić information content (AvgIpc) is 2.83. The maximum absolute atomic E-state index is 13.2. The van der Waals surface area contributed by atoms with E-state index < -0.39 is 6.10 Å². The van der Waals surface area contributed by atoms with Crippen LogP contribution in [0.5, 0.6) is 0 Å². The fourth-order valence-electron chi connectivity index (χ4n) is 1.93. The molecule has 1 aromatic heterocycles. The highest BCUT2D eigenvalue weighted by Crippen LogP contribution is 2.24. The fourth-order valence-corrected chi connectivity index (χ4v) is 2.34. The van der Waals surface area contributed by atoms with E-state index in [-0.39, 0.29) is 5.82 Å². The molecule has 0 bridgehead atoms. The van der Waals surface area contributed by atoms with Crippen molar-refractivity contribution in [2.75, 3.05) is 0 Å². The standard InChI is InChI=1S/C14H16BrFN2O/c1-2-5-18-9-11(8-17-18)14(19)7-10-6-12(16)3-4-13(10)15/h3-4,6,8-9,14,19H,2,5,7H2,1H3. The van der Waals surface area contributed by atoms with Gasteiger partial charge in [-0.2, -0.15) is 5.10 Å². The molecule has 3 nitrogen and oxygen atoms in total. The van der Waals surface area contributed by atoms with Gasteiger partial charge in [-0.15, -0.1) is 0 Å². The van der Waals surface area contributed by atoms with E-state index in [1.807, 2.05) is 6.20 Å². The van der Waals surface area contributed by atoms with Crippen LogP contribution in [-0.4, -0.2) is 14.9 Å². The number of aliphatic hydroxyl groups excluding tert-OH is 1. The predicted molar refractivity (Wildman–Crippen MR) is 75.3 cm³/mol. The predicted octanol–water partition coefficient (Wildman–Crippen LogP) is 3.47. The highest BCUT2D eigenvalue weighted by atomic mass is 79.9. The normalized spacial score (nSPS) is 12.6. The number of halogens is 2. The minimum absolute atomic E-state index is 0.299. The lowest BCUT2D eigenvalue weighted by molar-refractivity contribution is 0.178. The van der Waals surface area contributed by atoms with Gasteiger partial charge in [0.05, 0.1) is 12.3 Å². The SMILES string of the molecule is CCCn1cc(C(O)Cc2cc(F)ccc2Br)cn1. The van der Waals surface area contributed by atoms with Gasteiger partial charge >= 0.3 is 0 Å². The van der Waals surface area contributed by atoms with E-state index in [4.69, 9.17) is 0 Å². The van der Waals surface area contributed by atoms with Gasteiger partial charge < -0.3 is 5.11 Å². The molecule has 1 N–H and O–H groups in total. The molecule has 2 rings (SSSR count). The van der Waals surface area contributed by atoms with Gasteiger partial charge in [-0.25, -0.2) is 4.39 Å². The summed E-state index contributed by atoms with van der Waals surface area (Å²) in [4.78, 5) is 0. The van der Waals surface area contributed by atoms with Crippen molar-refractivity contribution < 1.29 is 9.50 Å². The van der Waals surface area contributed by atoms with E-state index >= 15 is 0 Å². The third-order valence-electron chi connectivity index (χ3n) is 2.91. The van der Waals surface area contributed by atoms with E-state index in [1.54, 1.807) is 16.9 Å². The first-order valence-electron chi connectivity index (χ1n) is 6.24. The van der Waals surface area contributed by atoms with Crippen LogP contribution in [0.1, 0.15) is 30.6 Å². The molecule has 0 aliphatic heterocycles. The van der Waals surface area contributed by atoms with Crippen molar-refractivity contribution >= 4 is 15.9 Å². The minimum atomic E-state index is -0.677. The monoisotopic (exact) mass is 326 g/mol. The highest BCUT2D eigenvalue weighted by molar-refractivity contribution is 9.10. The van der Waals surface area contributed by atoms with Crippen molar-refractivity contribution in [3.05, 3.63) is 52.0 Å². The largest absolute Gasteiger partial charge is 0.388 e. The minimum Gasteiger partial charge on any atom is -0.388 e. The molecule has 1 atom stereocenters. The Kier molecular flexibility index (Phi) is 4.71. The summed E-state index contributed by atoms with van der Waals surface area (Å²) in [6.45, 7) is 2.90. The number of benzene rings is 1. The van der Waals surface area contributed by atoms with Crippen molar-refractivity contribution in [1.82, 2.24) is 9.78 Å². The van der Waals surface area contributed by atoms with Crippen LogP contribution in [0.2, 0.25) is 0 Å². The molecule has 0 aliphatic rings. The van der Waals surface area contributed by atoms with Crippen LogP contribution in [0.4, 0.5) is 4.39 Å². The van der Waals surface area contributed by atoms with Gasteiger partial charge in [0.2, 0.25) is 0 Å². The molecule has 0 saturated carbocycles. The third-order valence-corrected chi connectivity index (χ3v) is 3.69. The summed E-state index contributed by atoms with van der Waals surface area (Å²) in [5.74, 6) is -0.299. The number of aliphatic hydroxyl groups is 1. The van der Waals surface area contributed by atoms with Gasteiger partial charge in [0, 0.05) is 29.2 Å². The first-order chi connectivity index (χ1) is 9.10. The van der Waals surface area contributed by atoms with E-state index in [9.17, 15) is 9.50 Å². The summed E-state index contributed by atoms with van der Waals surface area (Å²) in [6, 6.07) is 4.47. The molecule has 0 fully saturated rings. The zero-order valence-electron chi connectivity index (χ0n) is 10.7. The summed E-state index contributed by atoms with van der Waals surface area (Å²) < 4.78 is 15.8. The van der Waals surface area contributed by atoms with Gasteiger partial charge in [0.25, 0.3) is 0 Å². The lowest BCUT2D eigenvalue weighted by Gasteiger charge is -2.10. The molecule has 0 amide bonds. The average molecular weight is 327 g/mol. The topological polar surface area (TPSA) is 38.0 Å². The van der Waals surface area contributed by atoms with Crippen molar-refractivity contribution in [1.29, 1.82) is 0 Å². The highest BCUT2D eigenvalue weighted by Gasteiger charge is 2.13. The Labute approximate surface area is 120 Å². The molecular weight excluding hydrogens is 311 g/mol. The molecule has 19 heavy (non-hydrogen) atoms. The van der Waals surface area contributed by atoms with Crippen molar-refractivity contribution in [2.24, 2.45) is 0 Å². The van der Waals surface area contributed by atoms with Crippen LogP contribution < -0.4 is 0 Å². The molecule has 1 aromatic carbocycles. The lowest BCUT2D eigenvalue weighted by Crippen LogP contribution is -2.02. The Bertz CT molecular complexity index is 556. The second-order valence-corrected chi connectivity index (χ2v) is 5.35. The Balaban J connectivity index is 2.11. The summed E-state index contributed by atoms with van der Waals surface area (Å²) in [7, 11) is 0. The van der Waals surface area contributed by atoms with Gasteiger partial charge in [-0.3, -0.25) is 4.68 Å². The zero-order valence-corrected chi connectivity index (χ0v) is 12.3.